The average molecular weight is 262 g/mol. The molecule has 1 N–H and O–H groups in total. The first-order valence-electron chi connectivity index (χ1n) is 6.22. The van der Waals surface area contributed by atoms with Crippen LogP contribution in [0, 0.1) is 0 Å². The summed E-state index contributed by atoms with van der Waals surface area (Å²) in [4.78, 5) is 3.96. The van der Waals surface area contributed by atoms with Gasteiger partial charge in [0, 0.05) is 24.5 Å². The molecule has 0 aliphatic carbocycles. The lowest BCUT2D eigenvalue weighted by atomic mass is 10.1. The van der Waals surface area contributed by atoms with Crippen LogP contribution in [0.25, 0.3) is 0 Å². The SMILES string of the molecule is FC(F)c1cccc(CNCCc2ccncc2)c1. The zero-order chi connectivity index (χ0) is 13.5. The van der Waals surface area contributed by atoms with Gasteiger partial charge in [-0.2, -0.15) is 0 Å². The molecule has 0 bridgehead atoms. The molecule has 0 fully saturated rings. The van der Waals surface area contributed by atoms with Crippen LogP contribution in [0.2, 0.25) is 0 Å². The largest absolute Gasteiger partial charge is 0.312 e. The first-order chi connectivity index (χ1) is 9.25. The van der Waals surface area contributed by atoms with Crippen LogP contribution in [0.4, 0.5) is 8.78 Å². The monoisotopic (exact) mass is 262 g/mol. The Morgan fingerprint density at radius 1 is 1.05 bits per heavy atom. The lowest BCUT2D eigenvalue weighted by molar-refractivity contribution is 0.151. The molecule has 1 aromatic carbocycles. The number of hydrogen-bond donors (Lipinski definition) is 1. The van der Waals surface area contributed by atoms with E-state index in [2.05, 4.69) is 10.3 Å². The third-order valence-corrected chi connectivity index (χ3v) is 2.87. The summed E-state index contributed by atoms with van der Waals surface area (Å²) in [7, 11) is 0. The highest BCUT2D eigenvalue weighted by Crippen LogP contribution is 2.19. The minimum Gasteiger partial charge on any atom is -0.312 e. The van der Waals surface area contributed by atoms with Crippen molar-refractivity contribution in [3.05, 3.63) is 65.5 Å². The molecule has 19 heavy (non-hydrogen) atoms. The quantitative estimate of drug-likeness (QED) is 0.807. The third-order valence-electron chi connectivity index (χ3n) is 2.87. The molecule has 2 nitrogen and oxygen atoms in total. The van der Waals surface area contributed by atoms with E-state index in [9.17, 15) is 8.78 Å². The Morgan fingerprint density at radius 3 is 2.58 bits per heavy atom. The van der Waals surface area contributed by atoms with Crippen molar-refractivity contribution in [2.45, 2.75) is 19.4 Å². The fraction of sp³-hybridized carbons (Fsp3) is 0.267. The second kappa shape index (κ2) is 6.95. The smallest absolute Gasteiger partial charge is 0.263 e. The molecule has 0 saturated heterocycles. The summed E-state index contributed by atoms with van der Waals surface area (Å²) in [6, 6.07) is 10.5. The topological polar surface area (TPSA) is 24.9 Å². The second-order valence-corrected chi connectivity index (χ2v) is 4.33. The van der Waals surface area contributed by atoms with Crippen molar-refractivity contribution in [1.29, 1.82) is 0 Å². The Kier molecular flexibility index (Phi) is 4.98. The second-order valence-electron chi connectivity index (χ2n) is 4.33. The summed E-state index contributed by atoms with van der Waals surface area (Å²) in [5, 5.41) is 3.25. The number of benzene rings is 1. The van der Waals surface area contributed by atoms with E-state index < -0.39 is 6.43 Å². The minimum atomic E-state index is -2.41. The number of nitrogens with zero attached hydrogens (tertiary/aromatic N) is 1. The van der Waals surface area contributed by atoms with Gasteiger partial charge in [0.1, 0.15) is 0 Å². The van der Waals surface area contributed by atoms with E-state index in [1.165, 1.54) is 11.6 Å². The van der Waals surface area contributed by atoms with Gasteiger partial charge >= 0.3 is 0 Å². The zero-order valence-electron chi connectivity index (χ0n) is 10.5. The summed E-state index contributed by atoms with van der Waals surface area (Å²) >= 11 is 0. The van der Waals surface area contributed by atoms with Gasteiger partial charge in [-0.05, 0) is 42.3 Å². The Bertz CT molecular complexity index is 501. The van der Waals surface area contributed by atoms with Crippen molar-refractivity contribution in [3.63, 3.8) is 0 Å². The maximum atomic E-state index is 12.5. The standard InChI is InChI=1S/C15H16F2N2/c16-15(17)14-3-1-2-13(10-14)11-19-9-6-12-4-7-18-8-5-12/h1-5,7-8,10,15,19H,6,9,11H2. The van der Waals surface area contributed by atoms with Crippen LogP contribution in [-0.2, 0) is 13.0 Å². The van der Waals surface area contributed by atoms with E-state index in [4.69, 9.17) is 0 Å². The molecule has 1 aromatic heterocycles. The molecule has 0 amide bonds. The lowest BCUT2D eigenvalue weighted by Gasteiger charge is -2.07. The highest BCUT2D eigenvalue weighted by atomic mass is 19.3. The molecule has 2 aromatic rings. The zero-order valence-corrected chi connectivity index (χ0v) is 10.5. The molecule has 0 aliphatic heterocycles. The summed E-state index contributed by atoms with van der Waals surface area (Å²) in [6.45, 7) is 1.41. The molecule has 0 saturated carbocycles. The molecular formula is C15H16F2N2. The van der Waals surface area contributed by atoms with Crippen molar-refractivity contribution >= 4 is 0 Å². The molecule has 0 atom stereocenters. The van der Waals surface area contributed by atoms with Gasteiger partial charge in [0.25, 0.3) is 6.43 Å². The van der Waals surface area contributed by atoms with E-state index >= 15 is 0 Å². The van der Waals surface area contributed by atoms with Crippen molar-refractivity contribution in [1.82, 2.24) is 10.3 Å². The summed E-state index contributed by atoms with van der Waals surface area (Å²) in [5.41, 5.74) is 2.17. The van der Waals surface area contributed by atoms with Crippen LogP contribution in [0.15, 0.2) is 48.8 Å². The fourth-order valence-corrected chi connectivity index (χ4v) is 1.85. The minimum absolute atomic E-state index is 0.0773. The summed E-state index contributed by atoms with van der Waals surface area (Å²) in [6.07, 6.45) is 2.02. The van der Waals surface area contributed by atoms with Gasteiger partial charge in [-0.15, -0.1) is 0 Å². The van der Waals surface area contributed by atoms with Gasteiger partial charge in [-0.25, -0.2) is 8.78 Å². The first-order valence-corrected chi connectivity index (χ1v) is 6.22. The highest BCUT2D eigenvalue weighted by Gasteiger charge is 2.06. The number of aromatic nitrogens is 1. The van der Waals surface area contributed by atoms with Crippen molar-refractivity contribution < 1.29 is 8.78 Å². The molecular weight excluding hydrogens is 246 g/mol. The highest BCUT2D eigenvalue weighted by molar-refractivity contribution is 5.24. The van der Waals surface area contributed by atoms with Crippen LogP contribution in [0.3, 0.4) is 0 Å². The number of alkyl halides is 2. The van der Waals surface area contributed by atoms with Crippen LogP contribution in [-0.4, -0.2) is 11.5 Å². The predicted octanol–water partition coefficient (Wildman–Crippen LogP) is 3.35. The first kappa shape index (κ1) is 13.6. The third kappa shape index (κ3) is 4.41. The predicted molar refractivity (Wildman–Crippen MR) is 71.0 cm³/mol. The summed E-state index contributed by atoms with van der Waals surface area (Å²) < 4.78 is 25.1. The van der Waals surface area contributed by atoms with Crippen LogP contribution in [0.1, 0.15) is 23.1 Å². The molecule has 0 radical (unpaired) electrons. The van der Waals surface area contributed by atoms with Gasteiger partial charge in [0.15, 0.2) is 0 Å². The summed E-state index contributed by atoms with van der Waals surface area (Å²) in [5.74, 6) is 0. The number of hydrogen-bond acceptors (Lipinski definition) is 2. The van der Waals surface area contributed by atoms with Crippen molar-refractivity contribution in [2.75, 3.05) is 6.54 Å². The molecule has 0 aliphatic rings. The van der Waals surface area contributed by atoms with Gasteiger partial charge in [-0.3, -0.25) is 4.98 Å². The molecule has 1 heterocycles. The van der Waals surface area contributed by atoms with E-state index in [1.54, 1.807) is 24.5 Å². The van der Waals surface area contributed by atoms with E-state index in [-0.39, 0.29) is 5.56 Å². The Hall–Kier alpha value is -1.81. The van der Waals surface area contributed by atoms with E-state index in [1.807, 2.05) is 18.2 Å². The Morgan fingerprint density at radius 2 is 1.84 bits per heavy atom. The van der Waals surface area contributed by atoms with Crippen LogP contribution >= 0.6 is 0 Å². The normalized spacial score (nSPS) is 10.9. The molecule has 4 heteroatoms. The van der Waals surface area contributed by atoms with Crippen LogP contribution in [0.5, 0.6) is 0 Å². The fourth-order valence-electron chi connectivity index (χ4n) is 1.85. The number of nitrogens with one attached hydrogen (secondary N) is 1. The molecule has 0 spiro atoms. The van der Waals surface area contributed by atoms with Gasteiger partial charge in [0.2, 0.25) is 0 Å². The van der Waals surface area contributed by atoms with Gasteiger partial charge < -0.3 is 5.32 Å². The average Bonchev–Trinajstić information content (AvgIpc) is 2.45. The lowest BCUT2D eigenvalue weighted by Crippen LogP contribution is -2.16. The molecule has 100 valence electrons. The number of rotatable bonds is 6. The van der Waals surface area contributed by atoms with Crippen molar-refractivity contribution in [3.8, 4) is 0 Å². The Labute approximate surface area is 111 Å². The number of halogens is 2. The van der Waals surface area contributed by atoms with Crippen molar-refractivity contribution in [2.24, 2.45) is 0 Å². The Balaban J connectivity index is 1.78. The van der Waals surface area contributed by atoms with E-state index in [0.29, 0.717) is 6.54 Å². The number of pyridine rings is 1. The maximum absolute atomic E-state index is 12.5. The maximum Gasteiger partial charge on any atom is 0.263 e. The molecule has 2 rings (SSSR count). The van der Waals surface area contributed by atoms with Gasteiger partial charge in [-0.1, -0.05) is 18.2 Å². The van der Waals surface area contributed by atoms with E-state index in [0.717, 1.165) is 18.5 Å². The van der Waals surface area contributed by atoms with Crippen LogP contribution < -0.4 is 5.32 Å². The molecule has 0 unspecified atom stereocenters. The van der Waals surface area contributed by atoms with Gasteiger partial charge in [0.05, 0.1) is 0 Å².